The SMILES string of the molecule is CC(C)c1ccc(Oc2ccc(C(C)C)cc2N)c(N)c1. The highest BCUT2D eigenvalue weighted by atomic mass is 16.5. The number of rotatable bonds is 4. The summed E-state index contributed by atoms with van der Waals surface area (Å²) >= 11 is 0. The summed E-state index contributed by atoms with van der Waals surface area (Å²) in [7, 11) is 0. The van der Waals surface area contributed by atoms with Gasteiger partial charge in [0.15, 0.2) is 0 Å². The number of ether oxygens (including phenoxy) is 1. The third-order valence-corrected chi connectivity index (χ3v) is 3.62. The lowest BCUT2D eigenvalue weighted by molar-refractivity contribution is 0.487. The van der Waals surface area contributed by atoms with E-state index in [9.17, 15) is 0 Å². The highest BCUT2D eigenvalue weighted by molar-refractivity contribution is 5.60. The standard InChI is InChI=1S/C18H24N2O/c1-11(2)13-5-7-17(15(19)9-13)21-18-8-6-14(12(3)4)10-16(18)20/h5-12H,19-20H2,1-4H3. The molecule has 0 aliphatic rings. The molecule has 0 unspecified atom stereocenters. The van der Waals surface area contributed by atoms with Crippen LogP contribution in [0.4, 0.5) is 11.4 Å². The van der Waals surface area contributed by atoms with E-state index >= 15 is 0 Å². The third-order valence-electron chi connectivity index (χ3n) is 3.62. The van der Waals surface area contributed by atoms with Crippen molar-refractivity contribution < 1.29 is 4.74 Å². The first-order chi connectivity index (χ1) is 9.88. The van der Waals surface area contributed by atoms with Crippen LogP contribution in [-0.2, 0) is 0 Å². The van der Waals surface area contributed by atoms with Crippen molar-refractivity contribution in [1.82, 2.24) is 0 Å². The second kappa shape index (κ2) is 6.08. The zero-order chi connectivity index (χ0) is 15.6. The summed E-state index contributed by atoms with van der Waals surface area (Å²) in [6.45, 7) is 8.55. The number of anilines is 2. The summed E-state index contributed by atoms with van der Waals surface area (Å²) in [6.07, 6.45) is 0. The van der Waals surface area contributed by atoms with Gasteiger partial charge >= 0.3 is 0 Å². The van der Waals surface area contributed by atoms with Gasteiger partial charge in [-0.1, -0.05) is 39.8 Å². The fourth-order valence-electron chi connectivity index (χ4n) is 2.16. The molecule has 3 nitrogen and oxygen atoms in total. The molecule has 0 radical (unpaired) electrons. The Kier molecular flexibility index (Phi) is 4.41. The molecule has 0 spiro atoms. The molecule has 21 heavy (non-hydrogen) atoms. The van der Waals surface area contributed by atoms with Gasteiger partial charge in [0.2, 0.25) is 0 Å². The zero-order valence-electron chi connectivity index (χ0n) is 13.2. The molecule has 0 aliphatic heterocycles. The van der Waals surface area contributed by atoms with E-state index in [4.69, 9.17) is 16.2 Å². The van der Waals surface area contributed by atoms with Crippen LogP contribution in [0, 0.1) is 0 Å². The molecule has 0 atom stereocenters. The molecule has 0 saturated heterocycles. The smallest absolute Gasteiger partial charge is 0.150 e. The van der Waals surface area contributed by atoms with Gasteiger partial charge in [-0.05, 0) is 47.2 Å². The normalized spacial score (nSPS) is 11.1. The van der Waals surface area contributed by atoms with E-state index in [-0.39, 0.29) is 0 Å². The fraction of sp³-hybridized carbons (Fsp3) is 0.333. The monoisotopic (exact) mass is 284 g/mol. The molecule has 0 saturated carbocycles. The number of nitrogen functional groups attached to an aromatic ring is 2. The maximum absolute atomic E-state index is 6.07. The van der Waals surface area contributed by atoms with Gasteiger partial charge in [-0.25, -0.2) is 0 Å². The van der Waals surface area contributed by atoms with Gasteiger partial charge in [0.05, 0.1) is 11.4 Å². The molecular weight excluding hydrogens is 260 g/mol. The first-order valence-corrected chi connectivity index (χ1v) is 7.35. The van der Waals surface area contributed by atoms with E-state index < -0.39 is 0 Å². The lowest BCUT2D eigenvalue weighted by Crippen LogP contribution is -1.98. The average Bonchev–Trinajstić information content (AvgIpc) is 2.42. The Hall–Kier alpha value is -2.16. The second-order valence-electron chi connectivity index (χ2n) is 6.01. The van der Waals surface area contributed by atoms with Gasteiger partial charge in [0, 0.05) is 0 Å². The maximum atomic E-state index is 6.07. The summed E-state index contributed by atoms with van der Waals surface area (Å²) in [5, 5.41) is 0. The van der Waals surface area contributed by atoms with E-state index in [0.717, 1.165) is 0 Å². The highest BCUT2D eigenvalue weighted by Gasteiger charge is 2.09. The summed E-state index contributed by atoms with van der Waals surface area (Å²) in [5.41, 5.74) is 15.8. The molecule has 0 amide bonds. The molecule has 2 aromatic carbocycles. The third kappa shape index (κ3) is 3.48. The van der Waals surface area contributed by atoms with Gasteiger partial charge in [-0.15, -0.1) is 0 Å². The van der Waals surface area contributed by atoms with Gasteiger partial charge in [0.25, 0.3) is 0 Å². The lowest BCUT2D eigenvalue weighted by atomic mass is 10.0. The van der Waals surface area contributed by atoms with Crippen LogP contribution in [0.1, 0.15) is 50.7 Å². The predicted octanol–water partition coefficient (Wildman–Crippen LogP) is 4.89. The van der Waals surface area contributed by atoms with Crippen molar-refractivity contribution in [3.8, 4) is 11.5 Å². The molecule has 3 heteroatoms. The van der Waals surface area contributed by atoms with E-state index in [1.54, 1.807) is 0 Å². The van der Waals surface area contributed by atoms with Crippen molar-refractivity contribution in [2.24, 2.45) is 0 Å². The molecule has 0 aliphatic carbocycles. The fourth-order valence-corrected chi connectivity index (χ4v) is 2.16. The van der Waals surface area contributed by atoms with Crippen LogP contribution in [0.2, 0.25) is 0 Å². The lowest BCUT2D eigenvalue weighted by Gasteiger charge is -2.14. The summed E-state index contributed by atoms with van der Waals surface area (Å²) < 4.78 is 5.86. The second-order valence-corrected chi connectivity index (χ2v) is 6.01. The molecule has 112 valence electrons. The predicted molar refractivity (Wildman–Crippen MR) is 90.0 cm³/mol. The van der Waals surface area contributed by atoms with E-state index in [0.29, 0.717) is 34.7 Å². The zero-order valence-corrected chi connectivity index (χ0v) is 13.2. The Balaban J connectivity index is 2.26. The quantitative estimate of drug-likeness (QED) is 0.786. The Morgan fingerprint density at radius 2 is 1.10 bits per heavy atom. The highest BCUT2D eigenvalue weighted by Crippen LogP contribution is 2.34. The summed E-state index contributed by atoms with van der Waals surface area (Å²) in [6, 6.07) is 11.8. The van der Waals surface area contributed by atoms with Crippen LogP contribution in [0.5, 0.6) is 11.5 Å². The average molecular weight is 284 g/mol. The number of nitrogens with two attached hydrogens (primary N) is 2. The molecule has 0 aromatic heterocycles. The summed E-state index contributed by atoms with van der Waals surface area (Å²) in [5.74, 6) is 2.17. The van der Waals surface area contributed by atoms with Crippen LogP contribution in [0.25, 0.3) is 0 Å². The van der Waals surface area contributed by atoms with E-state index in [1.807, 2.05) is 36.4 Å². The van der Waals surface area contributed by atoms with Crippen molar-refractivity contribution in [3.63, 3.8) is 0 Å². The largest absolute Gasteiger partial charge is 0.453 e. The van der Waals surface area contributed by atoms with Crippen LogP contribution >= 0.6 is 0 Å². The Labute approximate surface area is 126 Å². The van der Waals surface area contributed by atoms with Gasteiger partial charge in [-0.3, -0.25) is 0 Å². The van der Waals surface area contributed by atoms with Crippen LogP contribution in [0.3, 0.4) is 0 Å². The topological polar surface area (TPSA) is 61.3 Å². The minimum Gasteiger partial charge on any atom is -0.453 e. The summed E-state index contributed by atoms with van der Waals surface area (Å²) in [4.78, 5) is 0. The molecular formula is C18H24N2O. The first-order valence-electron chi connectivity index (χ1n) is 7.35. The minimum absolute atomic E-state index is 0.441. The van der Waals surface area contributed by atoms with Crippen molar-refractivity contribution >= 4 is 11.4 Å². The Morgan fingerprint density at radius 3 is 1.38 bits per heavy atom. The van der Waals surface area contributed by atoms with Crippen molar-refractivity contribution in [3.05, 3.63) is 47.5 Å². The molecule has 4 N–H and O–H groups in total. The van der Waals surface area contributed by atoms with Gasteiger partial charge in [0.1, 0.15) is 11.5 Å². The maximum Gasteiger partial charge on any atom is 0.150 e. The number of hydrogen-bond acceptors (Lipinski definition) is 3. The van der Waals surface area contributed by atoms with Gasteiger partial charge in [-0.2, -0.15) is 0 Å². The Bertz CT molecular complexity index is 578. The van der Waals surface area contributed by atoms with Crippen molar-refractivity contribution in [2.75, 3.05) is 11.5 Å². The van der Waals surface area contributed by atoms with Gasteiger partial charge < -0.3 is 16.2 Å². The molecule has 2 rings (SSSR count). The molecule has 0 fully saturated rings. The number of hydrogen-bond donors (Lipinski definition) is 2. The van der Waals surface area contributed by atoms with E-state index in [2.05, 4.69) is 27.7 Å². The Morgan fingerprint density at radius 1 is 0.714 bits per heavy atom. The first kappa shape index (κ1) is 15.2. The van der Waals surface area contributed by atoms with Crippen LogP contribution in [0.15, 0.2) is 36.4 Å². The molecule has 0 bridgehead atoms. The molecule has 0 heterocycles. The van der Waals surface area contributed by atoms with Crippen molar-refractivity contribution in [1.29, 1.82) is 0 Å². The van der Waals surface area contributed by atoms with Crippen LogP contribution < -0.4 is 16.2 Å². The van der Waals surface area contributed by atoms with Crippen molar-refractivity contribution in [2.45, 2.75) is 39.5 Å². The minimum atomic E-state index is 0.441. The molecule has 2 aromatic rings. The van der Waals surface area contributed by atoms with E-state index in [1.165, 1.54) is 11.1 Å². The number of benzene rings is 2. The van der Waals surface area contributed by atoms with Crippen LogP contribution in [-0.4, -0.2) is 0 Å².